The zero-order valence-electron chi connectivity index (χ0n) is 9.18. The van der Waals surface area contributed by atoms with Crippen LogP contribution in [0.1, 0.15) is 39.0 Å². The first-order valence-electron chi connectivity index (χ1n) is 5.64. The number of nitrogens with one attached hydrogen (secondary N) is 1. The minimum atomic E-state index is 0.0670. The first-order chi connectivity index (χ1) is 6.64. The van der Waals surface area contributed by atoms with E-state index in [0.717, 1.165) is 25.8 Å². The van der Waals surface area contributed by atoms with Gasteiger partial charge >= 0.3 is 0 Å². The highest BCUT2D eigenvalue weighted by Crippen LogP contribution is 2.32. The van der Waals surface area contributed by atoms with Gasteiger partial charge in [-0.3, -0.25) is 4.79 Å². The van der Waals surface area contributed by atoms with E-state index in [2.05, 4.69) is 12.2 Å². The van der Waals surface area contributed by atoms with Gasteiger partial charge in [-0.1, -0.05) is 6.42 Å². The molecule has 2 saturated heterocycles. The standard InChI is InChI=1S/C11H20N2O/c1-11-7-8-12-9(11)5-3-4-6-10(14)13(11)2/h9,12H,3-8H2,1-2H3/t9?,11-/m0/s1. The highest BCUT2D eigenvalue weighted by atomic mass is 16.2. The smallest absolute Gasteiger partial charge is 0.222 e. The summed E-state index contributed by atoms with van der Waals surface area (Å²) in [7, 11) is 1.97. The summed E-state index contributed by atoms with van der Waals surface area (Å²) in [6, 6.07) is 0.511. The van der Waals surface area contributed by atoms with E-state index in [-0.39, 0.29) is 5.54 Å². The van der Waals surface area contributed by atoms with Crippen molar-refractivity contribution >= 4 is 5.91 Å². The van der Waals surface area contributed by atoms with Crippen LogP contribution in [0.2, 0.25) is 0 Å². The molecule has 14 heavy (non-hydrogen) atoms. The summed E-state index contributed by atoms with van der Waals surface area (Å²) in [5, 5.41) is 3.52. The molecule has 3 nitrogen and oxygen atoms in total. The Labute approximate surface area is 85.8 Å². The fraction of sp³-hybridized carbons (Fsp3) is 0.909. The van der Waals surface area contributed by atoms with Gasteiger partial charge in [0.05, 0.1) is 5.54 Å². The predicted molar refractivity (Wildman–Crippen MR) is 56.1 cm³/mol. The zero-order valence-corrected chi connectivity index (χ0v) is 9.18. The van der Waals surface area contributed by atoms with E-state index >= 15 is 0 Å². The molecule has 0 bridgehead atoms. The van der Waals surface area contributed by atoms with Crippen molar-refractivity contribution in [1.29, 1.82) is 0 Å². The fourth-order valence-electron chi connectivity index (χ4n) is 2.79. The molecule has 0 saturated carbocycles. The molecule has 0 aromatic carbocycles. The highest BCUT2D eigenvalue weighted by molar-refractivity contribution is 5.77. The molecular weight excluding hydrogens is 176 g/mol. The summed E-state index contributed by atoms with van der Waals surface area (Å²) < 4.78 is 0. The van der Waals surface area contributed by atoms with E-state index in [1.807, 2.05) is 11.9 Å². The van der Waals surface area contributed by atoms with Gasteiger partial charge in [-0.2, -0.15) is 0 Å². The molecule has 2 heterocycles. The summed E-state index contributed by atoms with van der Waals surface area (Å²) in [5.74, 6) is 0.320. The van der Waals surface area contributed by atoms with Crippen molar-refractivity contribution in [3.05, 3.63) is 0 Å². The van der Waals surface area contributed by atoms with Crippen LogP contribution < -0.4 is 5.32 Å². The van der Waals surface area contributed by atoms with Crippen molar-refractivity contribution < 1.29 is 4.79 Å². The highest BCUT2D eigenvalue weighted by Gasteiger charge is 2.43. The van der Waals surface area contributed by atoms with E-state index in [1.54, 1.807) is 0 Å². The number of likely N-dealkylation sites (tertiary alicyclic amines) is 1. The lowest BCUT2D eigenvalue weighted by Gasteiger charge is -2.41. The maximum atomic E-state index is 11.8. The van der Waals surface area contributed by atoms with Crippen LogP contribution in [0, 0.1) is 0 Å². The molecule has 0 aromatic heterocycles. The lowest BCUT2D eigenvalue weighted by atomic mass is 9.85. The maximum absolute atomic E-state index is 11.8. The molecule has 1 unspecified atom stereocenters. The average Bonchev–Trinajstić information content (AvgIpc) is 2.53. The van der Waals surface area contributed by atoms with Crippen LogP contribution in [0.4, 0.5) is 0 Å². The molecule has 2 rings (SSSR count). The van der Waals surface area contributed by atoms with Crippen molar-refractivity contribution in [1.82, 2.24) is 10.2 Å². The fourth-order valence-corrected chi connectivity index (χ4v) is 2.79. The molecule has 1 amide bonds. The summed E-state index contributed by atoms with van der Waals surface area (Å²) in [4.78, 5) is 13.8. The molecule has 0 aromatic rings. The zero-order chi connectivity index (χ0) is 10.2. The maximum Gasteiger partial charge on any atom is 0.222 e. The molecule has 0 aliphatic carbocycles. The summed E-state index contributed by atoms with van der Waals surface area (Å²) in [6.45, 7) is 3.28. The lowest BCUT2D eigenvalue weighted by molar-refractivity contribution is -0.136. The quantitative estimate of drug-likeness (QED) is 0.630. The number of amides is 1. The largest absolute Gasteiger partial charge is 0.339 e. The molecule has 2 aliphatic rings. The number of hydrogen-bond donors (Lipinski definition) is 1. The molecule has 0 spiro atoms. The van der Waals surface area contributed by atoms with Gasteiger partial charge in [0, 0.05) is 19.5 Å². The Morgan fingerprint density at radius 3 is 3.07 bits per heavy atom. The van der Waals surface area contributed by atoms with Gasteiger partial charge in [0.2, 0.25) is 5.91 Å². The third kappa shape index (κ3) is 1.44. The molecule has 0 radical (unpaired) electrons. The monoisotopic (exact) mass is 196 g/mol. The summed E-state index contributed by atoms with van der Waals surface area (Å²) in [6.07, 6.45) is 5.29. The second-order valence-electron chi connectivity index (χ2n) is 4.81. The predicted octanol–water partition coefficient (Wildman–Crippen LogP) is 1.14. The van der Waals surface area contributed by atoms with E-state index in [4.69, 9.17) is 0 Å². The van der Waals surface area contributed by atoms with Crippen LogP contribution in [0.3, 0.4) is 0 Å². The number of carbonyl (C=O) groups excluding carboxylic acids is 1. The first kappa shape index (κ1) is 9.97. The third-order valence-electron chi connectivity index (χ3n) is 4.05. The van der Waals surface area contributed by atoms with E-state index in [9.17, 15) is 4.79 Å². The van der Waals surface area contributed by atoms with E-state index in [0.29, 0.717) is 11.9 Å². The molecule has 2 atom stereocenters. The van der Waals surface area contributed by atoms with Gasteiger partial charge < -0.3 is 10.2 Å². The third-order valence-corrected chi connectivity index (χ3v) is 4.05. The van der Waals surface area contributed by atoms with Crippen LogP contribution >= 0.6 is 0 Å². The van der Waals surface area contributed by atoms with Crippen molar-refractivity contribution in [3.8, 4) is 0 Å². The van der Waals surface area contributed by atoms with Crippen LogP contribution in [-0.4, -0.2) is 36.0 Å². The van der Waals surface area contributed by atoms with Crippen molar-refractivity contribution in [2.24, 2.45) is 0 Å². The molecular formula is C11H20N2O. The van der Waals surface area contributed by atoms with Gasteiger partial charge in [-0.15, -0.1) is 0 Å². The van der Waals surface area contributed by atoms with Gasteiger partial charge in [-0.25, -0.2) is 0 Å². The van der Waals surface area contributed by atoms with Gasteiger partial charge in [0.25, 0.3) is 0 Å². The second-order valence-corrected chi connectivity index (χ2v) is 4.81. The van der Waals surface area contributed by atoms with Crippen LogP contribution in [0.25, 0.3) is 0 Å². The molecule has 3 heteroatoms. The molecule has 1 N–H and O–H groups in total. The normalized spacial score (nSPS) is 39.1. The Bertz CT molecular complexity index is 241. The van der Waals surface area contributed by atoms with Crippen LogP contribution in [0.5, 0.6) is 0 Å². The van der Waals surface area contributed by atoms with Gasteiger partial charge in [-0.05, 0) is 32.7 Å². The average molecular weight is 196 g/mol. The van der Waals surface area contributed by atoms with Crippen LogP contribution in [0.15, 0.2) is 0 Å². The van der Waals surface area contributed by atoms with E-state index < -0.39 is 0 Å². The van der Waals surface area contributed by atoms with E-state index in [1.165, 1.54) is 12.8 Å². The number of hydrogen-bond acceptors (Lipinski definition) is 2. The van der Waals surface area contributed by atoms with Crippen molar-refractivity contribution in [3.63, 3.8) is 0 Å². The number of likely N-dealkylation sites (N-methyl/N-ethyl adjacent to an activating group) is 1. The minimum Gasteiger partial charge on any atom is -0.339 e. The Morgan fingerprint density at radius 2 is 2.29 bits per heavy atom. The topological polar surface area (TPSA) is 32.3 Å². The van der Waals surface area contributed by atoms with Crippen molar-refractivity contribution in [2.75, 3.05) is 13.6 Å². The second kappa shape index (κ2) is 3.54. The van der Waals surface area contributed by atoms with Crippen molar-refractivity contribution in [2.45, 2.75) is 50.6 Å². The summed E-state index contributed by atoms with van der Waals surface area (Å²) in [5.41, 5.74) is 0.0670. The molecule has 80 valence electrons. The van der Waals surface area contributed by atoms with Gasteiger partial charge in [0.1, 0.15) is 0 Å². The Hall–Kier alpha value is -0.570. The Kier molecular flexibility index (Phi) is 2.52. The SMILES string of the molecule is CN1C(=O)CCCCC2NCC[C@@]21C. The number of fused-ring (bicyclic) bond motifs is 1. The van der Waals surface area contributed by atoms with Gasteiger partial charge in [0.15, 0.2) is 0 Å². The molecule has 2 aliphatic heterocycles. The Morgan fingerprint density at radius 1 is 1.50 bits per heavy atom. The number of nitrogens with zero attached hydrogens (tertiary/aromatic N) is 1. The Balaban J connectivity index is 2.21. The minimum absolute atomic E-state index is 0.0670. The summed E-state index contributed by atoms with van der Waals surface area (Å²) >= 11 is 0. The molecule has 2 fully saturated rings. The lowest BCUT2D eigenvalue weighted by Crippen LogP contribution is -2.55. The van der Waals surface area contributed by atoms with Crippen LogP contribution in [-0.2, 0) is 4.79 Å². The number of rotatable bonds is 0. The number of carbonyl (C=O) groups is 1. The first-order valence-corrected chi connectivity index (χ1v) is 5.64.